The molecule has 0 aliphatic rings. The normalized spacial score (nSPS) is 12.3. The number of hydrogen-bond donors (Lipinski definition) is 2. The first-order valence-electron chi connectivity index (χ1n) is 6.56. The molecule has 1 rings (SSSR count). The molecule has 0 aromatic heterocycles. The van der Waals surface area contributed by atoms with Gasteiger partial charge in [0, 0.05) is 12.6 Å². The fourth-order valence-corrected chi connectivity index (χ4v) is 4.61. The number of sulfonamides is 1. The second-order valence-electron chi connectivity index (χ2n) is 4.47. The molecule has 0 heterocycles. The molecule has 0 aliphatic heterocycles. The Morgan fingerprint density at radius 1 is 1.35 bits per heavy atom. The fraction of sp³-hybridized carbons (Fsp3) is 0.538. The predicted octanol–water partition coefficient (Wildman–Crippen LogP) is 2.09. The van der Waals surface area contributed by atoms with Gasteiger partial charge >= 0.3 is 0 Å². The number of nitrogens with zero attached hydrogens (tertiary/aromatic N) is 1. The van der Waals surface area contributed by atoms with Crippen molar-refractivity contribution >= 4 is 27.3 Å². The van der Waals surface area contributed by atoms with E-state index in [2.05, 4.69) is 0 Å². The fourth-order valence-electron chi connectivity index (χ4n) is 2.21. The molecule has 0 amide bonds. The minimum atomic E-state index is -3.83. The average Bonchev–Trinajstić information content (AvgIpc) is 2.38. The second-order valence-corrected chi connectivity index (χ2v) is 6.70. The second kappa shape index (κ2) is 7.26. The molecule has 0 fully saturated rings. The van der Waals surface area contributed by atoms with E-state index < -0.39 is 10.0 Å². The van der Waals surface area contributed by atoms with Gasteiger partial charge in [-0.1, -0.05) is 31.5 Å². The maximum absolute atomic E-state index is 12.8. The van der Waals surface area contributed by atoms with Crippen molar-refractivity contribution in [1.82, 2.24) is 4.31 Å². The highest BCUT2D eigenvalue weighted by Gasteiger charge is 2.32. The van der Waals surface area contributed by atoms with Gasteiger partial charge in [-0.2, -0.15) is 4.31 Å². The molecular weight excluding hydrogens is 300 g/mol. The van der Waals surface area contributed by atoms with Crippen molar-refractivity contribution in [2.24, 2.45) is 0 Å². The van der Waals surface area contributed by atoms with E-state index in [-0.39, 0.29) is 34.8 Å². The van der Waals surface area contributed by atoms with Crippen molar-refractivity contribution < 1.29 is 13.5 Å². The Morgan fingerprint density at radius 2 is 1.95 bits per heavy atom. The summed E-state index contributed by atoms with van der Waals surface area (Å²) < 4.78 is 26.8. The monoisotopic (exact) mass is 320 g/mol. The standard InChI is InChI=1S/C13H21ClN2O3S/c1-3-10(4-2)16(8-9-17)20(18,19)13-11(14)6-5-7-12(13)15/h5-7,10,17H,3-4,8-9,15H2,1-2H3. The largest absolute Gasteiger partial charge is 0.398 e. The van der Waals surface area contributed by atoms with Crippen molar-refractivity contribution in [3.05, 3.63) is 23.2 Å². The molecule has 1 aromatic rings. The number of benzene rings is 1. The summed E-state index contributed by atoms with van der Waals surface area (Å²) in [6.45, 7) is 3.59. The Bertz CT molecular complexity index is 524. The van der Waals surface area contributed by atoms with Gasteiger partial charge in [0.1, 0.15) is 4.90 Å². The highest BCUT2D eigenvalue weighted by molar-refractivity contribution is 7.89. The van der Waals surface area contributed by atoms with Crippen molar-refractivity contribution in [2.45, 2.75) is 37.6 Å². The summed E-state index contributed by atoms with van der Waals surface area (Å²) in [7, 11) is -3.83. The maximum atomic E-state index is 12.8. The lowest BCUT2D eigenvalue weighted by molar-refractivity contribution is 0.219. The Balaban J connectivity index is 3.37. The first-order chi connectivity index (χ1) is 9.39. The molecule has 114 valence electrons. The van der Waals surface area contributed by atoms with E-state index in [0.717, 1.165) is 0 Å². The zero-order valence-corrected chi connectivity index (χ0v) is 13.3. The molecule has 0 radical (unpaired) electrons. The van der Waals surface area contributed by atoms with E-state index in [4.69, 9.17) is 22.4 Å². The van der Waals surface area contributed by atoms with Crippen LogP contribution in [-0.2, 0) is 10.0 Å². The van der Waals surface area contributed by atoms with Crippen molar-refractivity contribution in [3.8, 4) is 0 Å². The number of nitrogen functional groups attached to an aromatic ring is 1. The average molecular weight is 321 g/mol. The maximum Gasteiger partial charge on any atom is 0.246 e. The van der Waals surface area contributed by atoms with Crippen molar-refractivity contribution in [1.29, 1.82) is 0 Å². The van der Waals surface area contributed by atoms with Crippen LogP contribution in [-0.4, -0.2) is 37.0 Å². The first kappa shape index (κ1) is 17.2. The minimum Gasteiger partial charge on any atom is -0.398 e. The predicted molar refractivity (Wildman–Crippen MR) is 81.2 cm³/mol. The first-order valence-corrected chi connectivity index (χ1v) is 8.38. The summed E-state index contributed by atoms with van der Waals surface area (Å²) in [5.41, 5.74) is 5.89. The van der Waals surface area contributed by atoms with Gasteiger partial charge in [-0.15, -0.1) is 0 Å². The number of aliphatic hydroxyl groups is 1. The zero-order chi connectivity index (χ0) is 15.3. The minimum absolute atomic E-state index is 0.0271. The van der Waals surface area contributed by atoms with E-state index in [0.29, 0.717) is 12.8 Å². The van der Waals surface area contributed by atoms with Crippen LogP contribution in [0.25, 0.3) is 0 Å². The third-order valence-electron chi connectivity index (χ3n) is 3.23. The van der Waals surface area contributed by atoms with Gasteiger partial charge in [0.2, 0.25) is 10.0 Å². The molecular formula is C13H21ClN2O3S. The lowest BCUT2D eigenvalue weighted by Gasteiger charge is -2.29. The van der Waals surface area contributed by atoms with E-state index >= 15 is 0 Å². The molecule has 0 spiro atoms. The lowest BCUT2D eigenvalue weighted by atomic mass is 10.2. The number of rotatable bonds is 7. The number of hydrogen-bond acceptors (Lipinski definition) is 4. The third kappa shape index (κ3) is 3.44. The molecule has 0 saturated heterocycles. The van der Waals surface area contributed by atoms with Gasteiger partial charge in [0.15, 0.2) is 0 Å². The van der Waals surface area contributed by atoms with Gasteiger partial charge in [0.05, 0.1) is 17.3 Å². The topological polar surface area (TPSA) is 83.6 Å². The van der Waals surface area contributed by atoms with Crippen LogP contribution < -0.4 is 5.73 Å². The van der Waals surface area contributed by atoms with Gasteiger partial charge in [-0.3, -0.25) is 0 Å². The van der Waals surface area contributed by atoms with E-state index in [1.54, 1.807) is 6.07 Å². The van der Waals surface area contributed by atoms with E-state index in [1.807, 2.05) is 13.8 Å². The molecule has 3 N–H and O–H groups in total. The summed E-state index contributed by atoms with van der Waals surface area (Å²) in [5.74, 6) is 0. The number of nitrogens with two attached hydrogens (primary N) is 1. The van der Waals surface area contributed by atoms with Crippen LogP contribution in [0.4, 0.5) is 5.69 Å². The molecule has 7 heteroatoms. The van der Waals surface area contributed by atoms with E-state index in [9.17, 15) is 8.42 Å². The van der Waals surface area contributed by atoms with Crippen LogP contribution in [0.15, 0.2) is 23.1 Å². The summed E-state index contributed by atoms with van der Waals surface area (Å²) in [6, 6.07) is 4.41. The molecule has 5 nitrogen and oxygen atoms in total. The van der Waals surface area contributed by atoms with Gasteiger partial charge in [0.25, 0.3) is 0 Å². The summed E-state index contributed by atoms with van der Waals surface area (Å²) >= 11 is 6.00. The zero-order valence-electron chi connectivity index (χ0n) is 11.7. The highest BCUT2D eigenvalue weighted by Crippen LogP contribution is 2.31. The summed E-state index contributed by atoms with van der Waals surface area (Å²) in [4.78, 5) is -0.0815. The summed E-state index contributed by atoms with van der Waals surface area (Å²) in [5, 5.41) is 9.25. The van der Waals surface area contributed by atoms with Crippen molar-refractivity contribution in [3.63, 3.8) is 0 Å². The lowest BCUT2D eigenvalue weighted by Crippen LogP contribution is -2.41. The molecule has 0 saturated carbocycles. The molecule has 0 aliphatic carbocycles. The molecule has 1 aromatic carbocycles. The number of anilines is 1. The highest BCUT2D eigenvalue weighted by atomic mass is 35.5. The number of aliphatic hydroxyl groups excluding tert-OH is 1. The van der Waals surface area contributed by atoms with Gasteiger partial charge in [-0.25, -0.2) is 8.42 Å². The van der Waals surface area contributed by atoms with Gasteiger partial charge < -0.3 is 10.8 Å². The van der Waals surface area contributed by atoms with E-state index in [1.165, 1.54) is 16.4 Å². The molecule has 0 bridgehead atoms. The van der Waals surface area contributed by atoms with Crippen LogP contribution in [0.1, 0.15) is 26.7 Å². The Kier molecular flexibility index (Phi) is 6.26. The number of halogens is 1. The summed E-state index contributed by atoms with van der Waals surface area (Å²) in [6.07, 6.45) is 1.31. The van der Waals surface area contributed by atoms with Crippen LogP contribution in [0.5, 0.6) is 0 Å². The van der Waals surface area contributed by atoms with Crippen LogP contribution >= 0.6 is 11.6 Å². The quantitative estimate of drug-likeness (QED) is 0.753. The van der Waals surface area contributed by atoms with Crippen LogP contribution in [0.2, 0.25) is 5.02 Å². The molecule has 0 atom stereocenters. The van der Waals surface area contributed by atoms with Crippen LogP contribution in [0, 0.1) is 0 Å². The Hall–Kier alpha value is -0.820. The molecule has 20 heavy (non-hydrogen) atoms. The molecule has 0 unspecified atom stereocenters. The smallest absolute Gasteiger partial charge is 0.246 e. The van der Waals surface area contributed by atoms with Crippen LogP contribution in [0.3, 0.4) is 0 Å². The SMILES string of the molecule is CCC(CC)N(CCO)S(=O)(=O)c1c(N)cccc1Cl. The third-order valence-corrected chi connectivity index (χ3v) is 5.73. The van der Waals surface area contributed by atoms with Crippen molar-refractivity contribution in [2.75, 3.05) is 18.9 Å². The Labute approximate surface area is 125 Å². The van der Waals surface area contributed by atoms with Gasteiger partial charge in [-0.05, 0) is 25.0 Å². The Morgan fingerprint density at radius 3 is 2.40 bits per heavy atom.